The van der Waals surface area contributed by atoms with Crippen molar-refractivity contribution in [3.63, 3.8) is 0 Å². The molecule has 2 saturated heterocycles. The molecule has 2 heterocycles. The fourth-order valence-corrected chi connectivity index (χ4v) is 4.05. The normalized spacial score (nSPS) is 34.8. The first-order valence-electron chi connectivity index (χ1n) is 5.75. The van der Waals surface area contributed by atoms with E-state index in [-0.39, 0.29) is 6.04 Å². The zero-order valence-electron chi connectivity index (χ0n) is 9.90. The zero-order chi connectivity index (χ0) is 11.8. The van der Waals surface area contributed by atoms with Gasteiger partial charge in [-0.15, -0.1) is 0 Å². The highest BCUT2D eigenvalue weighted by molar-refractivity contribution is 7.90. The van der Waals surface area contributed by atoms with E-state index in [1.807, 2.05) is 0 Å². The molecular formula is C10H20N2O3S. The minimum absolute atomic E-state index is 0.0316. The molecule has 5 nitrogen and oxygen atoms in total. The molecule has 0 aliphatic carbocycles. The lowest BCUT2D eigenvalue weighted by atomic mass is 10.2. The van der Waals surface area contributed by atoms with E-state index in [1.165, 1.54) is 0 Å². The molecule has 2 aliphatic rings. The predicted octanol–water partition coefficient (Wildman–Crippen LogP) is -0.211. The molecule has 2 aliphatic heterocycles. The monoisotopic (exact) mass is 248 g/mol. The van der Waals surface area contributed by atoms with Crippen LogP contribution in [0.1, 0.15) is 20.3 Å². The minimum atomic E-state index is -3.23. The van der Waals surface area contributed by atoms with Gasteiger partial charge in [0.15, 0.2) is 0 Å². The summed E-state index contributed by atoms with van der Waals surface area (Å²) in [6, 6.07) is 0.0316. The van der Waals surface area contributed by atoms with Gasteiger partial charge in [-0.1, -0.05) is 0 Å². The number of rotatable bonds is 1. The lowest BCUT2D eigenvalue weighted by molar-refractivity contribution is 0.176. The fourth-order valence-electron chi connectivity index (χ4n) is 2.24. The summed E-state index contributed by atoms with van der Waals surface area (Å²) in [5.41, 5.74) is 0. The summed E-state index contributed by atoms with van der Waals surface area (Å²) >= 11 is 0. The van der Waals surface area contributed by atoms with E-state index in [0.717, 1.165) is 13.0 Å². The van der Waals surface area contributed by atoms with Gasteiger partial charge in [-0.25, -0.2) is 8.42 Å². The second-order valence-electron chi connectivity index (χ2n) is 5.07. The Bertz CT molecular complexity index is 347. The van der Waals surface area contributed by atoms with Crippen LogP contribution in [-0.2, 0) is 14.8 Å². The molecule has 0 aromatic carbocycles. The third-order valence-corrected chi connectivity index (χ3v) is 6.02. The van der Waals surface area contributed by atoms with Crippen molar-refractivity contribution in [1.82, 2.24) is 9.62 Å². The highest BCUT2D eigenvalue weighted by atomic mass is 32.2. The molecule has 6 heteroatoms. The Morgan fingerprint density at radius 2 is 2.19 bits per heavy atom. The second kappa shape index (κ2) is 4.25. The third kappa shape index (κ3) is 1.99. The van der Waals surface area contributed by atoms with E-state index in [2.05, 4.69) is 5.32 Å². The summed E-state index contributed by atoms with van der Waals surface area (Å²) in [5.74, 6) is 0. The Kier molecular flexibility index (Phi) is 3.27. The summed E-state index contributed by atoms with van der Waals surface area (Å²) in [5, 5.41) is 3.18. The van der Waals surface area contributed by atoms with Crippen molar-refractivity contribution in [2.75, 3.05) is 32.8 Å². The van der Waals surface area contributed by atoms with Crippen LogP contribution in [0, 0.1) is 0 Å². The van der Waals surface area contributed by atoms with Gasteiger partial charge < -0.3 is 10.1 Å². The molecule has 2 rings (SSSR count). The average Bonchev–Trinajstić information content (AvgIpc) is 2.66. The molecule has 1 atom stereocenters. The van der Waals surface area contributed by atoms with Crippen LogP contribution in [0.25, 0.3) is 0 Å². The smallest absolute Gasteiger partial charge is 0.220 e. The first kappa shape index (κ1) is 12.3. The van der Waals surface area contributed by atoms with Crippen LogP contribution in [0.3, 0.4) is 0 Å². The number of sulfonamides is 1. The Balaban J connectivity index is 2.28. The van der Waals surface area contributed by atoms with E-state index in [4.69, 9.17) is 4.74 Å². The first-order chi connectivity index (χ1) is 7.45. The standard InChI is InChI=1S/C10H20N2O3S/c1-10(2)8-11-4-5-12(16(10,13)14)9-3-6-15-7-9/h9,11H,3-8H2,1-2H3. The van der Waals surface area contributed by atoms with Crippen LogP contribution in [0.5, 0.6) is 0 Å². The van der Waals surface area contributed by atoms with Crippen LogP contribution in [0.2, 0.25) is 0 Å². The molecule has 1 unspecified atom stereocenters. The summed E-state index contributed by atoms with van der Waals surface area (Å²) in [6.07, 6.45) is 0.815. The molecule has 0 amide bonds. The van der Waals surface area contributed by atoms with Crippen molar-refractivity contribution in [3.05, 3.63) is 0 Å². The fraction of sp³-hybridized carbons (Fsp3) is 1.00. The average molecular weight is 248 g/mol. The van der Waals surface area contributed by atoms with Crippen molar-refractivity contribution in [1.29, 1.82) is 0 Å². The zero-order valence-corrected chi connectivity index (χ0v) is 10.7. The van der Waals surface area contributed by atoms with E-state index in [0.29, 0.717) is 26.3 Å². The first-order valence-corrected chi connectivity index (χ1v) is 7.19. The van der Waals surface area contributed by atoms with Gasteiger partial charge >= 0.3 is 0 Å². The molecule has 1 N–H and O–H groups in total. The summed E-state index contributed by atoms with van der Waals surface area (Å²) < 4.78 is 31.1. The maximum Gasteiger partial charge on any atom is 0.220 e. The Morgan fingerprint density at radius 1 is 1.44 bits per heavy atom. The van der Waals surface area contributed by atoms with Gasteiger partial charge in [0.2, 0.25) is 10.0 Å². The van der Waals surface area contributed by atoms with Crippen molar-refractivity contribution in [2.45, 2.75) is 31.1 Å². The molecule has 0 bridgehead atoms. The Morgan fingerprint density at radius 3 is 2.81 bits per heavy atom. The number of nitrogens with zero attached hydrogens (tertiary/aromatic N) is 1. The van der Waals surface area contributed by atoms with Gasteiger partial charge in [-0.05, 0) is 20.3 Å². The SMILES string of the molecule is CC1(C)CNCCN(C2CCOC2)S1(=O)=O. The molecule has 0 aromatic heterocycles. The molecule has 94 valence electrons. The quantitative estimate of drug-likeness (QED) is 0.697. The molecular weight excluding hydrogens is 228 g/mol. The Hall–Kier alpha value is -0.170. The largest absolute Gasteiger partial charge is 0.380 e. The summed E-state index contributed by atoms with van der Waals surface area (Å²) in [7, 11) is -3.23. The lowest BCUT2D eigenvalue weighted by Crippen LogP contribution is -2.50. The van der Waals surface area contributed by atoms with Crippen molar-refractivity contribution < 1.29 is 13.2 Å². The van der Waals surface area contributed by atoms with Crippen LogP contribution < -0.4 is 5.32 Å². The molecule has 0 aromatic rings. The summed E-state index contributed by atoms with van der Waals surface area (Å²) in [6.45, 7) is 6.56. The van der Waals surface area contributed by atoms with Crippen molar-refractivity contribution in [2.24, 2.45) is 0 Å². The van der Waals surface area contributed by atoms with Crippen molar-refractivity contribution in [3.8, 4) is 0 Å². The molecule has 0 radical (unpaired) electrons. The second-order valence-corrected chi connectivity index (χ2v) is 7.59. The minimum Gasteiger partial charge on any atom is -0.380 e. The molecule has 0 saturated carbocycles. The van der Waals surface area contributed by atoms with Gasteiger partial charge in [-0.2, -0.15) is 4.31 Å². The Labute approximate surface area is 97.2 Å². The van der Waals surface area contributed by atoms with Crippen LogP contribution in [0.4, 0.5) is 0 Å². The molecule has 0 spiro atoms. The highest BCUT2D eigenvalue weighted by Crippen LogP contribution is 2.26. The highest BCUT2D eigenvalue weighted by Gasteiger charge is 2.44. The number of ether oxygens (including phenoxy) is 1. The van der Waals surface area contributed by atoms with Gasteiger partial charge in [-0.3, -0.25) is 0 Å². The van der Waals surface area contributed by atoms with Gasteiger partial charge in [0, 0.05) is 26.2 Å². The van der Waals surface area contributed by atoms with Gasteiger partial charge in [0.1, 0.15) is 0 Å². The number of hydrogen-bond acceptors (Lipinski definition) is 4. The predicted molar refractivity (Wildman–Crippen MR) is 61.8 cm³/mol. The molecule has 2 fully saturated rings. The van der Waals surface area contributed by atoms with Gasteiger partial charge in [0.25, 0.3) is 0 Å². The van der Waals surface area contributed by atoms with Crippen LogP contribution >= 0.6 is 0 Å². The topological polar surface area (TPSA) is 58.6 Å². The van der Waals surface area contributed by atoms with E-state index >= 15 is 0 Å². The van der Waals surface area contributed by atoms with Crippen LogP contribution in [-0.4, -0.2) is 56.4 Å². The number of nitrogens with one attached hydrogen (secondary N) is 1. The van der Waals surface area contributed by atoms with Gasteiger partial charge in [0.05, 0.1) is 17.4 Å². The van der Waals surface area contributed by atoms with E-state index < -0.39 is 14.8 Å². The summed E-state index contributed by atoms with van der Waals surface area (Å²) in [4.78, 5) is 0. The molecule has 16 heavy (non-hydrogen) atoms. The van der Waals surface area contributed by atoms with E-state index in [9.17, 15) is 8.42 Å². The maximum absolute atomic E-state index is 12.5. The number of hydrogen-bond donors (Lipinski definition) is 1. The maximum atomic E-state index is 12.5. The van der Waals surface area contributed by atoms with E-state index in [1.54, 1.807) is 18.2 Å². The van der Waals surface area contributed by atoms with Crippen LogP contribution in [0.15, 0.2) is 0 Å². The lowest BCUT2D eigenvalue weighted by Gasteiger charge is -2.32. The third-order valence-electron chi connectivity index (χ3n) is 3.38. The van der Waals surface area contributed by atoms with Crippen molar-refractivity contribution >= 4 is 10.0 Å².